The second-order valence-corrected chi connectivity index (χ2v) is 2.29. The van der Waals surface area contributed by atoms with Crippen LogP contribution in [0.2, 0.25) is 0 Å². The van der Waals surface area contributed by atoms with Gasteiger partial charge in [0.05, 0.1) is 13.2 Å². The van der Waals surface area contributed by atoms with Gasteiger partial charge >= 0.3 is 0 Å². The first-order valence-electron chi connectivity index (χ1n) is 3.87. The summed E-state index contributed by atoms with van der Waals surface area (Å²) in [5.74, 6) is 5.23. The third-order valence-electron chi connectivity index (χ3n) is 1.42. The maximum Gasteiger partial charge on any atom is 0.140 e. The summed E-state index contributed by atoms with van der Waals surface area (Å²) in [5, 5.41) is 0. The van der Waals surface area contributed by atoms with E-state index in [1.807, 2.05) is 0 Å². The molecule has 0 radical (unpaired) electrons. The van der Waals surface area contributed by atoms with Crippen LogP contribution in [0.4, 0.5) is 0 Å². The van der Waals surface area contributed by atoms with E-state index in [0.29, 0.717) is 5.75 Å². The lowest BCUT2D eigenvalue weighted by molar-refractivity contribution is 0.413. The van der Waals surface area contributed by atoms with Crippen LogP contribution in [-0.2, 0) is 4.79 Å². The number of hydrogen-bond acceptors (Lipinski definition) is 3. The molecule has 0 bridgehead atoms. The zero-order valence-electron chi connectivity index (χ0n) is 7.61. The Kier molecular flexibility index (Phi) is 3.87. The summed E-state index contributed by atoms with van der Waals surface area (Å²) in [6.07, 6.45) is 3.38. The minimum absolute atomic E-state index is 0.595. The molecule has 0 fully saturated rings. The normalized spacial score (nSPS) is 7.79. The maximum absolute atomic E-state index is 9.74. The van der Waals surface area contributed by atoms with Crippen molar-refractivity contribution in [3.8, 4) is 23.5 Å². The Morgan fingerprint density at radius 2 is 1.86 bits per heavy atom. The van der Waals surface area contributed by atoms with E-state index < -0.39 is 0 Å². The van der Waals surface area contributed by atoms with Crippen molar-refractivity contribution in [3.05, 3.63) is 30.3 Å². The largest absolute Gasteiger partial charge is 0.497 e. The molecular formula is C11H8O3. The Bertz CT molecular complexity index is 389. The predicted molar refractivity (Wildman–Crippen MR) is 51.7 cm³/mol. The van der Waals surface area contributed by atoms with Gasteiger partial charge in [-0.1, -0.05) is 0 Å². The zero-order chi connectivity index (χ0) is 10.2. The molecule has 0 unspecified atom stereocenters. The van der Waals surface area contributed by atoms with E-state index in [4.69, 9.17) is 9.47 Å². The molecule has 0 heterocycles. The molecular weight excluding hydrogens is 180 g/mol. The molecule has 70 valence electrons. The highest BCUT2D eigenvalue weighted by molar-refractivity contribution is 5.51. The highest BCUT2D eigenvalue weighted by Gasteiger charge is 1.91. The summed E-state index contributed by atoms with van der Waals surface area (Å²) < 4.78 is 9.94. The van der Waals surface area contributed by atoms with Crippen molar-refractivity contribution in [3.63, 3.8) is 0 Å². The van der Waals surface area contributed by atoms with Gasteiger partial charge in [0.25, 0.3) is 0 Å². The number of hydrogen-bond donors (Lipinski definition) is 0. The molecule has 1 rings (SSSR count). The van der Waals surface area contributed by atoms with E-state index in [2.05, 4.69) is 12.0 Å². The van der Waals surface area contributed by atoms with E-state index in [1.165, 1.54) is 5.94 Å². The van der Waals surface area contributed by atoms with Crippen LogP contribution in [0.25, 0.3) is 0 Å². The summed E-state index contributed by atoms with van der Waals surface area (Å²) in [4.78, 5) is 9.74. The van der Waals surface area contributed by atoms with Crippen molar-refractivity contribution >= 4 is 5.94 Å². The summed E-state index contributed by atoms with van der Waals surface area (Å²) in [7, 11) is 1.59. The lowest BCUT2D eigenvalue weighted by Gasteiger charge is -1.99. The van der Waals surface area contributed by atoms with Crippen LogP contribution in [0, 0.1) is 12.0 Å². The van der Waals surface area contributed by atoms with Crippen molar-refractivity contribution in [2.75, 3.05) is 7.11 Å². The molecule has 3 heteroatoms. The van der Waals surface area contributed by atoms with Gasteiger partial charge in [-0.25, -0.2) is 4.79 Å². The maximum atomic E-state index is 9.74. The molecule has 0 atom stereocenters. The first-order chi connectivity index (χ1) is 6.86. The minimum atomic E-state index is 0.595. The van der Waals surface area contributed by atoms with Gasteiger partial charge in [-0.15, -0.1) is 0 Å². The van der Waals surface area contributed by atoms with Crippen LogP contribution in [0.15, 0.2) is 30.3 Å². The third kappa shape index (κ3) is 3.06. The average Bonchev–Trinajstić information content (AvgIpc) is 2.25. The summed E-state index contributed by atoms with van der Waals surface area (Å²) in [5.41, 5.74) is 0. The molecule has 0 aliphatic rings. The number of methoxy groups -OCH3 is 1. The molecule has 0 N–H and O–H groups in total. The number of ether oxygens (including phenoxy) is 2. The number of benzene rings is 1. The van der Waals surface area contributed by atoms with E-state index in [1.54, 1.807) is 31.4 Å². The predicted octanol–water partition coefficient (Wildman–Crippen LogP) is 1.42. The Balaban J connectivity index is 2.61. The van der Waals surface area contributed by atoms with Crippen molar-refractivity contribution in [2.24, 2.45) is 0 Å². The first kappa shape index (κ1) is 9.91. The lowest BCUT2D eigenvalue weighted by Crippen LogP contribution is -1.84. The Morgan fingerprint density at radius 1 is 1.21 bits per heavy atom. The van der Waals surface area contributed by atoms with Gasteiger partial charge in [0.2, 0.25) is 0 Å². The Hall–Kier alpha value is -2.17. The van der Waals surface area contributed by atoms with Crippen LogP contribution in [-0.4, -0.2) is 13.1 Å². The topological polar surface area (TPSA) is 35.5 Å². The molecule has 14 heavy (non-hydrogen) atoms. The van der Waals surface area contributed by atoms with E-state index in [-0.39, 0.29) is 0 Å². The summed E-state index contributed by atoms with van der Waals surface area (Å²) in [6.45, 7) is 0. The molecule has 1 aromatic carbocycles. The highest BCUT2D eigenvalue weighted by Crippen LogP contribution is 2.16. The molecule has 1 aromatic rings. The second kappa shape index (κ2) is 5.47. The van der Waals surface area contributed by atoms with Gasteiger partial charge < -0.3 is 9.47 Å². The molecule has 3 nitrogen and oxygen atoms in total. The number of carbonyl (C=O) groups excluding carboxylic acids is 1. The van der Waals surface area contributed by atoms with E-state index >= 15 is 0 Å². The molecule has 0 aliphatic carbocycles. The molecule has 0 aliphatic heterocycles. The quantitative estimate of drug-likeness (QED) is 0.520. The van der Waals surface area contributed by atoms with Gasteiger partial charge in [0, 0.05) is 0 Å². The summed E-state index contributed by atoms with van der Waals surface area (Å²) in [6, 6.07) is 6.95. The SMILES string of the molecule is COc1ccc(OC#CC=C=O)cc1. The molecule has 0 amide bonds. The third-order valence-corrected chi connectivity index (χ3v) is 1.42. The average molecular weight is 188 g/mol. The van der Waals surface area contributed by atoms with E-state index in [0.717, 1.165) is 11.8 Å². The Morgan fingerprint density at radius 3 is 2.43 bits per heavy atom. The van der Waals surface area contributed by atoms with Crippen molar-refractivity contribution < 1.29 is 14.3 Å². The van der Waals surface area contributed by atoms with Gasteiger partial charge in [-0.2, -0.15) is 0 Å². The molecule has 0 saturated carbocycles. The lowest BCUT2D eigenvalue weighted by atomic mass is 10.3. The second-order valence-electron chi connectivity index (χ2n) is 2.29. The molecule has 0 aromatic heterocycles. The minimum Gasteiger partial charge on any atom is -0.497 e. The van der Waals surface area contributed by atoms with Crippen molar-refractivity contribution in [2.45, 2.75) is 0 Å². The van der Waals surface area contributed by atoms with Gasteiger partial charge in [-0.05, 0) is 30.2 Å². The van der Waals surface area contributed by atoms with Gasteiger partial charge in [0.1, 0.15) is 23.5 Å². The molecule has 0 saturated heterocycles. The zero-order valence-corrected chi connectivity index (χ0v) is 7.61. The van der Waals surface area contributed by atoms with Crippen molar-refractivity contribution in [1.29, 1.82) is 0 Å². The monoisotopic (exact) mass is 188 g/mol. The fourth-order valence-corrected chi connectivity index (χ4v) is 0.791. The van der Waals surface area contributed by atoms with Crippen LogP contribution < -0.4 is 9.47 Å². The van der Waals surface area contributed by atoms with Crippen molar-refractivity contribution in [1.82, 2.24) is 0 Å². The van der Waals surface area contributed by atoms with Crippen LogP contribution in [0.1, 0.15) is 0 Å². The smallest absolute Gasteiger partial charge is 0.140 e. The fraction of sp³-hybridized carbons (Fsp3) is 0.0909. The van der Waals surface area contributed by atoms with Gasteiger partial charge in [-0.3, -0.25) is 0 Å². The van der Waals surface area contributed by atoms with Crippen LogP contribution in [0.3, 0.4) is 0 Å². The summed E-state index contributed by atoms with van der Waals surface area (Å²) >= 11 is 0. The first-order valence-corrected chi connectivity index (χ1v) is 3.87. The van der Waals surface area contributed by atoms with Crippen LogP contribution in [0.5, 0.6) is 11.5 Å². The fourth-order valence-electron chi connectivity index (χ4n) is 0.791. The standard InChI is InChI=1S/C11H8O3/c1-13-10-4-6-11(7-5-10)14-9-3-2-8-12/h2,4-7H,1H3. The molecule has 0 spiro atoms. The van der Waals surface area contributed by atoms with Crippen LogP contribution >= 0.6 is 0 Å². The van der Waals surface area contributed by atoms with E-state index in [9.17, 15) is 4.79 Å². The highest BCUT2D eigenvalue weighted by atomic mass is 16.5. The Labute approximate surface area is 82.0 Å². The number of allylic oxidation sites excluding steroid dienone is 1. The number of rotatable bonds is 2. The van der Waals surface area contributed by atoms with Gasteiger partial charge in [0.15, 0.2) is 0 Å².